The SMILES string of the molecule is Cc1nc2ccc(-c3ccnc(N)c3C(=O)O)cc2o1. The first-order chi connectivity index (χ1) is 9.56. The van der Waals surface area contributed by atoms with Crippen LogP contribution in [0.5, 0.6) is 0 Å². The molecule has 0 aliphatic rings. The summed E-state index contributed by atoms with van der Waals surface area (Å²) in [6.45, 7) is 1.76. The van der Waals surface area contributed by atoms with Crippen molar-refractivity contribution >= 4 is 22.9 Å². The number of carboxylic acids is 1. The van der Waals surface area contributed by atoms with Crippen LogP contribution in [-0.4, -0.2) is 21.0 Å². The lowest BCUT2D eigenvalue weighted by atomic mass is 10.0. The minimum absolute atomic E-state index is 0.0103. The molecule has 0 atom stereocenters. The lowest BCUT2D eigenvalue weighted by Gasteiger charge is -2.07. The number of aryl methyl sites for hydroxylation is 1. The maximum atomic E-state index is 11.3. The average molecular weight is 269 g/mol. The van der Waals surface area contributed by atoms with Crippen molar-refractivity contribution in [1.29, 1.82) is 0 Å². The fraction of sp³-hybridized carbons (Fsp3) is 0.0714. The molecule has 0 fully saturated rings. The predicted octanol–water partition coefficient (Wildman–Crippen LogP) is 2.48. The molecule has 0 spiro atoms. The number of nitrogens with zero attached hydrogens (tertiary/aromatic N) is 2. The monoisotopic (exact) mass is 269 g/mol. The number of fused-ring (bicyclic) bond motifs is 1. The molecule has 0 radical (unpaired) electrons. The highest BCUT2D eigenvalue weighted by atomic mass is 16.4. The van der Waals surface area contributed by atoms with E-state index in [4.69, 9.17) is 10.2 Å². The number of aromatic carboxylic acids is 1. The molecule has 2 aromatic heterocycles. The van der Waals surface area contributed by atoms with Crippen LogP contribution in [0.25, 0.3) is 22.2 Å². The number of anilines is 1. The highest BCUT2D eigenvalue weighted by molar-refractivity contribution is 6.01. The molecule has 0 amide bonds. The molecule has 3 rings (SSSR count). The van der Waals surface area contributed by atoms with Gasteiger partial charge >= 0.3 is 5.97 Å². The van der Waals surface area contributed by atoms with Crippen molar-refractivity contribution in [1.82, 2.24) is 9.97 Å². The van der Waals surface area contributed by atoms with Crippen molar-refractivity contribution < 1.29 is 14.3 Å². The Labute approximate surface area is 113 Å². The number of carbonyl (C=O) groups is 1. The van der Waals surface area contributed by atoms with E-state index in [1.54, 1.807) is 31.2 Å². The third-order valence-electron chi connectivity index (χ3n) is 3.00. The largest absolute Gasteiger partial charge is 0.478 e. The molecule has 0 saturated carbocycles. The molecule has 100 valence electrons. The molecule has 2 heterocycles. The summed E-state index contributed by atoms with van der Waals surface area (Å²) in [5, 5.41) is 9.27. The lowest BCUT2D eigenvalue weighted by molar-refractivity contribution is 0.0698. The van der Waals surface area contributed by atoms with E-state index in [-0.39, 0.29) is 11.4 Å². The summed E-state index contributed by atoms with van der Waals surface area (Å²) in [5.74, 6) is -0.562. The van der Waals surface area contributed by atoms with Crippen molar-refractivity contribution in [3.63, 3.8) is 0 Å². The Kier molecular flexibility index (Phi) is 2.64. The van der Waals surface area contributed by atoms with E-state index in [0.717, 1.165) is 5.52 Å². The highest BCUT2D eigenvalue weighted by Crippen LogP contribution is 2.29. The Morgan fingerprint density at radius 1 is 1.35 bits per heavy atom. The van der Waals surface area contributed by atoms with Gasteiger partial charge in [-0.2, -0.15) is 0 Å². The first-order valence-corrected chi connectivity index (χ1v) is 5.91. The fourth-order valence-corrected chi connectivity index (χ4v) is 2.15. The number of carboxylic acid groups (broad SMARTS) is 1. The van der Waals surface area contributed by atoms with Crippen LogP contribution >= 0.6 is 0 Å². The van der Waals surface area contributed by atoms with E-state index >= 15 is 0 Å². The third kappa shape index (κ3) is 1.87. The Morgan fingerprint density at radius 2 is 2.15 bits per heavy atom. The van der Waals surface area contributed by atoms with E-state index in [1.807, 2.05) is 0 Å². The Bertz CT molecular complexity index is 824. The van der Waals surface area contributed by atoms with Crippen LogP contribution in [0.15, 0.2) is 34.9 Å². The standard InChI is InChI=1S/C14H11N3O3/c1-7-17-10-3-2-8(6-11(10)20-7)9-4-5-16-13(15)12(9)14(18)19/h2-6H,1H3,(H2,15,16)(H,18,19). The summed E-state index contributed by atoms with van der Waals surface area (Å²) < 4.78 is 5.46. The van der Waals surface area contributed by atoms with Crippen molar-refractivity contribution in [2.24, 2.45) is 0 Å². The first-order valence-electron chi connectivity index (χ1n) is 5.91. The summed E-state index contributed by atoms with van der Waals surface area (Å²) in [7, 11) is 0. The molecule has 3 N–H and O–H groups in total. The van der Waals surface area contributed by atoms with Crippen molar-refractivity contribution in [3.8, 4) is 11.1 Å². The van der Waals surface area contributed by atoms with Gasteiger partial charge in [0.25, 0.3) is 0 Å². The summed E-state index contributed by atoms with van der Waals surface area (Å²) in [6, 6.07) is 6.93. The fourth-order valence-electron chi connectivity index (χ4n) is 2.15. The molecule has 3 aromatic rings. The normalized spacial score (nSPS) is 10.8. The van der Waals surface area contributed by atoms with Gasteiger partial charge in [-0.15, -0.1) is 0 Å². The molecular formula is C14H11N3O3. The van der Waals surface area contributed by atoms with E-state index in [0.29, 0.717) is 22.6 Å². The minimum atomic E-state index is -1.11. The second kappa shape index (κ2) is 4.34. The topological polar surface area (TPSA) is 102 Å². The van der Waals surface area contributed by atoms with Gasteiger partial charge in [0, 0.05) is 18.7 Å². The third-order valence-corrected chi connectivity index (χ3v) is 3.00. The summed E-state index contributed by atoms with van der Waals surface area (Å²) in [6.07, 6.45) is 1.48. The van der Waals surface area contributed by atoms with E-state index in [9.17, 15) is 9.90 Å². The van der Waals surface area contributed by atoms with Gasteiger partial charge in [0.15, 0.2) is 11.5 Å². The molecular weight excluding hydrogens is 258 g/mol. The van der Waals surface area contributed by atoms with E-state index < -0.39 is 5.97 Å². The molecule has 6 heteroatoms. The second-order valence-corrected chi connectivity index (χ2v) is 4.34. The quantitative estimate of drug-likeness (QED) is 0.740. The minimum Gasteiger partial charge on any atom is -0.478 e. The predicted molar refractivity (Wildman–Crippen MR) is 73.3 cm³/mol. The smallest absolute Gasteiger partial charge is 0.340 e. The van der Waals surface area contributed by atoms with Gasteiger partial charge in [-0.25, -0.2) is 14.8 Å². The lowest BCUT2D eigenvalue weighted by Crippen LogP contribution is -2.06. The molecule has 0 aliphatic carbocycles. The number of benzene rings is 1. The van der Waals surface area contributed by atoms with Crippen LogP contribution in [0, 0.1) is 6.92 Å². The van der Waals surface area contributed by atoms with Crippen LogP contribution in [0.2, 0.25) is 0 Å². The van der Waals surface area contributed by atoms with Crippen LogP contribution in [0.1, 0.15) is 16.2 Å². The summed E-state index contributed by atoms with van der Waals surface area (Å²) in [5.41, 5.74) is 8.16. The maximum absolute atomic E-state index is 11.3. The number of hydrogen-bond donors (Lipinski definition) is 2. The van der Waals surface area contributed by atoms with Gasteiger partial charge < -0.3 is 15.3 Å². The Balaban J connectivity index is 2.25. The Hall–Kier alpha value is -2.89. The van der Waals surface area contributed by atoms with Crippen molar-refractivity contribution in [2.75, 3.05) is 5.73 Å². The van der Waals surface area contributed by atoms with Gasteiger partial charge in [0.05, 0.1) is 0 Å². The molecule has 20 heavy (non-hydrogen) atoms. The summed E-state index contributed by atoms with van der Waals surface area (Å²) in [4.78, 5) is 19.3. The van der Waals surface area contributed by atoms with E-state index in [1.165, 1.54) is 6.20 Å². The zero-order valence-electron chi connectivity index (χ0n) is 10.6. The van der Waals surface area contributed by atoms with Crippen LogP contribution in [-0.2, 0) is 0 Å². The van der Waals surface area contributed by atoms with Gasteiger partial charge in [0.1, 0.15) is 16.9 Å². The summed E-state index contributed by atoms with van der Waals surface area (Å²) >= 11 is 0. The number of hydrogen-bond acceptors (Lipinski definition) is 5. The average Bonchev–Trinajstić information content (AvgIpc) is 2.76. The van der Waals surface area contributed by atoms with E-state index in [2.05, 4.69) is 9.97 Å². The number of rotatable bonds is 2. The molecule has 0 unspecified atom stereocenters. The zero-order chi connectivity index (χ0) is 14.3. The second-order valence-electron chi connectivity index (χ2n) is 4.34. The first kappa shape index (κ1) is 12.2. The van der Waals surface area contributed by atoms with Crippen molar-refractivity contribution in [3.05, 3.63) is 41.9 Å². The van der Waals surface area contributed by atoms with Crippen LogP contribution in [0.4, 0.5) is 5.82 Å². The van der Waals surface area contributed by atoms with Gasteiger partial charge in [-0.3, -0.25) is 0 Å². The van der Waals surface area contributed by atoms with Crippen LogP contribution in [0.3, 0.4) is 0 Å². The molecule has 0 aliphatic heterocycles. The van der Waals surface area contributed by atoms with Gasteiger partial charge in [0.2, 0.25) is 0 Å². The van der Waals surface area contributed by atoms with Crippen LogP contribution < -0.4 is 5.73 Å². The number of oxazole rings is 1. The number of nitrogens with two attached hydrogens (primary N) is 1. The molecule has 0 saturated heterocycles. The number of nitrogen functional groups attached to an aromatic ring is 1. The van der Waals surface area contributed by atoms with Crippen molar-refractivity contribution in [2.45, 2.75) is 6.92 Å². The zero-order valence-corrected chi connectivity index (χ0v) is 10.6. The Morgan fingerprint density at radius 3 is 2.90 bits per heavy atom. The molecule has 6 nitrogen and oxygen atoms in total. The number of aromatic nitrogens is 2. The molecule has 0 bridgehead atoms. The van der Waals surface area contributed by atoms with Gasteiger partial charge in [-0.05, 0) is 23.8 Å². The highest BCUT2D eigenvalue weighted by Gasteiger charge is 2.17. The number of pyridine rings is 1. The van der Waals surface area contributed by atoms with Gasteiger partial charge in [-0.1, -0.05) is 6.07 Å². The maximum Gasteiger partial charge on any atom is 0.340 e. The molecule has 1 aromatic carbocycles.